The van der Waals surface area contributed by atoms with Crippen molar-refractivity contribution >= 4 is 29.5 Å². The highest BCUT2D eigenvalue weighted by Crippen LogP contribution is 2.31. The number of amides is 5. The summed E-state index contributed by atoms with van der Waals surface area (Å²) in [6, 6.07) is 6.24. The van der Waals surface area contributed by atoms with Gasteiger partial charge in [-0.25, -0.2) is 0 Å². The lowest BCUT2D eigenvalue weighted by molar-refractivity contribution is -0.142. The first kappa shape index (κ1) is 46.9. The summed E-state index contributed by atoms with van der Waals surface area (Å²) in [5.74, 6) is -2.83. The Bertz CT molecular complexity index is 1730. The zero-order valence-corrected chi connectivity index (χ0v) is 34.9. The second-order valence-electron chi connectivity index (χ2n) is 15.4. The number of likely N-dealkylation sites (tertiary alicyclic amines) is 1. The van der Waals surface area contributed by atoms with E-state index in [1.165, 1.54) is 11.0 Å². The van der Waals surface area contributed by atoms with Crippen LogP contribution in [0.1, 0.15) is 49.7 Å². The van der Waals surface area contributed by atoms with Gasteiger partial charge in [-0.05, 0) is 126 Å². The quantitative estimate of drug-likeness (QED) is 0.0832. The van der Waals surface area contributed by atoms with E-state index in [9.17, 15) is 39.3 Å². The van der Waals surface area contributed by atoms with Crippen molar-refractivity contribution in [3.05, 3.63) is 47.5 Å². The minimum atomic E-state index is -1.18. The highest BCUT2D eigenvalue weighted by Gasteiger charge is 2.36. The van der Waals surface area contributed by atoms with Gasteiger partial charge in [-0.1, -0.05) is 12.1 Å². The molecule has 0 aliphatic carbocycles. The molecule has 59 heavy (non-hydrogen) atoms. The molecule has 4 bridgehead atoms. The maximum Gasteiger partial charge on any atom is 0.245 e. The third-order valence-corrected chi connectivity index (χ3v) is 11.1. The van der Waals surface area contributed by atoms with Crippen LogP contribution in [0.2, 0.25) is 0 Å². The maximum atomic E-state index is 14.6. The second-order valence-corrected chi connectivity index (χ2v) is 15.4. The minimum Gasteiger partial charge on any atom is -0.508 e. The number of aliphatic hydroxyl groups excluding tert-OH is 1. The van der Waals surface area contributed by atoms with Crippen molar-refractivity contribution in [3.63, 3.8) is 0 Å². The number of rotatable bonds is 18. The van der Waals surface area contributed by atoms with E-state index in [-0.39, 0.29) is 62.3 Å². The Balaban J connectivity index is 1.65. The van der Waals surface area contributed by atoms with Crippen LogP contribution in [0.5, 0.6) is 11.5 Å². The maximum absolute atomic E-state index is 14.6. The molecule has 5 atom stereocenters. The normalized spacial score (nSPS) is 20.4. The van der Waals surface area contributed by atoms with Gasteiger partial charge in [-0.2, -0.15) is 0 Å². The van der Waals surface area contributed by atoms with Crippen LogP contribution in [0.25, 0.3) is 11.1 Å². The fraction of sp³-hybridized carbons (Fsp3) is 0.595. The predicted molar refractivity (Wildman–Crippen MR) is 224 cm³/mol. The highest BCUT2D eigenvalue weighted by molar-refractivity contribution is 5.94. The number of carbonyl (C=O) groups excluding carboxylic acids is 5. The van der Waals surface area contributed by atoms with E-state index in [1.807, 2.05) is 7.05 Å². The van der Waals surface area contributed by atoms with Crippen LogP contribution in [-0.4, -0.2) is 159 Å². The molecule has 2 aliphatic rings. The average Bonchev–Trinajstić information content (AvgIpc) is 3.23. The van der Waals surface area contributed by atoms with Gasteiger partial charge in [0.15, 0.2) is 0 Å². The lowest BCUT2D eigenvalue weighted by atomic mass is 9.93. The van der Waals surface area contributed by atoms with Gasteiger partial charge in [0.1, 0.15) is 29.6 Å². The molecule has 17 nitrogen and oxygen atoms in total. The van der Waals surface area contributed by atoms with Crippen molar-refractivity contribution in [2.75, 3.05) is 80.6 Å². The number of piperidine rings is 1. The predicted octanol–water partition coefficient (Wildman–Crippen LogP) is -0.816. The van der Waals surface area contributed by atoms with Gasteiger partial charge >= 0.3 is 0 Å². The molecule has 2 heterocycles. The third kappa shape index (κ3) is 13.3. The van der Waals surface area contributed by atoms with Crippen molar-refractivity contribution < 1.29 is 39.3 Å². The zero-order chi connectivity index (χ0) is 42.9. The van der Waals surface area contributed by atoms with Crippen molar-refractivity contribution in [1.29, 1.82) is 0 Å². The summed E-state index contributed by atoms with van der Waals surface area (Å²) in [6.45, 7) is 2.36. The summed E-state index contributed by atoms with van der Waals surface area (Å²) in [5.41, 5.74) is 2.32. The SMILES string of the molecule is CNCCC[C@@H]1NC(=O)[C@@H](NC)Cc2cc(ccc2O)-c2ccc(O)c(c2)C[C@@H](C(=O)N2CCCC(C(=O)N[C@@H](CCCNC)C(=O)N(CCO)CCNC)C2)NC1=O. The molecule has 0 saturated carbocycles. The van der Waals surface area contributed by atoms with Crippen LogP contribution >= 0.6 is 0 Å². The van der Waals surface area contributed by atoms with Gasteiger partial charge in [0, 0.05) is 45.6 Å². The Morgan fingerprint density at radius 1 is 0.847 bits per heavy atom. The number of hydrogen-bond acceptors (Lipinski definition) is 12. The molecule has 17 heteroatoms. The molecule has 0 spiro atoms. The summed E-state index contributed by atoms with van der Waals surface area (Å²) in [7, 11) is 6.99. The largest absolute Gasteiger partial charge is 0.508 e. The van der Waals surface area contributed by atoms with Gasteiger partial charge in [0.2, 0.25) is 29.5 Å². The monoisotopic (exact) mass is 823 g/mol. The van der Waals surface area contributed by atoms with E-state index in [0.717, 1.165) is 5.56 Å². The lowest BCUT2D eigenvalue weighted by Gasteiger charge is -2.36. The van der Waals surface area contributed by atoms with Gasteiger partial charge in [-0.15, -0.1) is 0 Å². The molecule has 326 valence electrons. The van der Waals surface area contributed by atoms with Gasteiger partial charge in [0.05, 0.1) is 18.6 Å². The molecule has 4 rings (SSSR count). The number of nitrogens with zero attached hydrogens (tertiary/aromatic N) is 2. The zero-order valence-electron chi connectivity index (χ0n) is 34.9. The Morgan fingerprint density at radius 3 is 2.12 bits per heavy atom. The molecule has 0 radical (unpaired) electrons. The molecule has 1 saturated heterocycles. The number of phenols is 2. The Hall–Kier alpha value is -4.81. The molecule has 1 fully saturated rings. The summed E-state index contributed by atoms with van der Waals surface area (Å²) in [5, 5.41) is 52.4. The Kier molecular flexibility index (Phi) is 18.8. The molecule has 2 aliphatic heterocycles. The summed E-state index contributed by atoms with van der Waals surface area (Å²) in [4.78, 5) is 73.2. The fourth-order valence-electron chi connectivity index (χ4n) is 7.68. The topological polar surface area (TPSA) is 237 Å². The minimum absolute atomic E-state index is 0.0108. The average molecular weight is 824 g/mol. The first-order valence-electron chi connectivity index (χ1n) is 20.8. The summed E-state index contributed by atoms with van der Waals surface area (Å²) >= 11 is 0. The molecule has 0 aromatic heterocycles. The molecular formula is C42H65N9O8. The molecular weight excluding hydrogens is 759 g/mol. The van der Waals surface area contributed by atoms with Gasteiger partial charge < -0.3 is 62.3 Å². The Labute approximate surface area is 347 Å². The summed E-state index contributed by atoms with van der Waals surface area (Å²) in [6.07, 6.45) is 2.83. The lowest BCUT2D eigenvalue weighted by Crippen LogP contribution is -2.58. The van der Waals surface area contributed by atoms with Crippen molar-refractivity contribution in [3.8, 4) is 22.6 Å². The fourth-order valence-corrected chi connectivity index (χ4v) is 7.68. The third-order valence-electron chi connectivity index (χ3n) is 11.1. The summed E-state index contributed by atoms with van der Waals surface area (Å²) < 4.78 is 0. The van der Waals surface area contributed by atoms with Crippen LogP contribution in [0, 0.1) is 5.92 Å². The van der Waals surface area contributed by atoms with E-state index >= 15 is 0 Å². The number of aliphatic hydroxyl groups is 1. The number of likely N-dealkylation sites (N-methyl/N-ethyl adjacent to an activating group) is 2. The van der Waals surface area contributed by atoms with Crippen LogP contribution in [-0.2, 0) is 36.8 Å². The first-order chi connectivity index (χ1) is 28.4. The number of hydrogen-bond donors (Lipinski definition) is 10. The van der Waals surface area contributed by atoms with Crippen LogP contribution < -0.4 is 37.2 Å². The highest BCUT2D eigenvalue weighted by atomic mass is 16.3. The molecule has 1 unspecified atom stereocenters. The second kappa shape index (κ2) is 23.7. The van der Waals surface area contributed by atoms with E-state index in [2.05, 4.69) is 37.2 Å². The van der Waals surface area contributed by atoms with Crippen LogP contribution in [0.15, 0.2) is 36.4 Å². The number of carbonyl (C=O) groups is 5. The standard InChI is InChI=1S/C42H65N9O8/c1-43-15-5-9-32-39(56)49-35(25-31-23-28(12-14-37(31)54)27-11-13-36(53)30(22-27)24-34(46-4)40(57)47-32)42(59)51-18-7-8-29(26-51)38(55)48-33(10-6-16-44-2)41(58)50(20-21-52)19-17-45-3/h11-14,22-23,29,32-35,43-46,52-54H,5-10,15-21,24-26H2,1-4H3,(H,47,57)(H,48,55)(H,49,56)/t29?,32-,33-,34-,35-/m0/s1. The number of phenolic OH excluding ortho intramolecular Hbond substituents is 2. The van der Waals surface area contributed by atoms with E-state index in [4.69, 9.17) is 0 Å². The first-order valence-corrected chi connectivity index (χ1v) is 20.8. The Morgan fingerprint density at radius 2 is 1.49 bits per heavy atom. The van der Waals surface area contributed by atoms with E-state index < -0.39 is 47.8 Å². The van der Waals surface area contributed by atoms with Crippen molar-refractivity contribution in [2.24, 2.45) is 5.92 Å². The number of aromatic hydroxyl groups is 2. The molecule has 10 N–H and O–H groups in total. The van der Waals surface area contributed by atoms with Crippen LogP contribution in [0.4, 0.5) is 0 Å². The van der Waals surface area contributed by atoms with Crippen molar-refractivity contribution in [1.82, 2.24) is 47.0 Å². The number of fused-ring (bicyclic) bond motifs is 5. The van der Waals surface area contributed by atoms with Gasteiger partial charge in [0.25, 0.3) is 0 Å². The van der Waals surface area contributed by atoms with E-state index in [1.54, 1.807) is 56.4 Å². The number of benzene rings is 2. The smallest absolute Gasteiger partial charge is 0.245 e. The molecule has 5 amide bonds. The molecule has 2 aromatic rings. The van der Waals surface area contributed by atoms with E-state index in [0.29, 0.717) is 81.5 Å². The van der Waals surface area contributed by atoms with Gasteiger partial charge in [-0.3, -0.25) is 24.0 Å². The van der Waals surface area contributed by atoms with Crippen LogP contribution in [0.3, 0.4) is 0 Å². The van der Waals surface area contributed by atoms with Crippen molar-refractivity contribution in [2.45, 2.75) is 75.5 Å². The molecule has 2 aromatic carbocycles. The number of nitrogens with one attached hydrogen (secondary N) is 7.